The largest absolute Gasteiger partial charge is 0.333 e. The molecular weight excluding hydrogens is 352 g/mol. The van der Waals surface area contributed by atoms with E-state index in [0.29, 0.717) is 0 Å². The maximum atomic E-state index is 12.2. The van der Waals surface area contributed by atoms with Crippen LogP contribution < -0.4 is 0 Å². The number of pyridine rings is 1. The molecule has 2 aliphatic rings. The zero-order valence-corrected chi connectivity index (χ0v) is 16.9. The maximum absolute atomic E-state index is 12.2. The number of hydrogen-bond donors (Lipinski definition) is 0. The Labute approximate surface area is 165 Å². The molecule has 0 unspecified atom stereocenters. The van der Waals surface area contributed by atoms with Crippen LogP contribution in [0.2, 0.25) is 0 Å². The number of carbonyl (C=O) groups excluding carboxylic acids is 1. The Morgan fingerprint density at radius 1 is 1.11 bits per heavy atom. The van der Waals surface area contributed by atoms with Crippen LogP contribution in [-0.2, 0) is 12.8 Å². The first-order valence-corrected chi connectivity index (χ1v) is 10.8. The molecule has 1 aliphatic heterocycles. The number of thioether (sulfide) groups is 1. The van der Waals surface area contributed by atoms with Gasteiger partial charge in [-0.3, -0.25) is 9.78 Å². The molecule has 1 fully saturated rings. The van der Waals surface area contributed by atoms with E-state index in [4.69, 9.17) is 4.98 Å². The number of amides is 1. The predicted molar refractivity (Wildman–Crippen MR) is 113 cm³/mol. The SMILES string of the molecule is CCSC(=O)N1CCC(=C2c3ccc(C)cc3CCc3cccnc32)CC1. The molecule has 0 atom stereocenters. The number of carbonyl (C=O) groups is 1. The van der Waals surface area contributed by atoms with Crippen LogP contribution in [0.15, 0.2) is 42.1 Å². The summed E-state index contributed by atoms with van der Waals surface area (Å²) in [6, 6.07) is 11.1. The van der Waals surface area contributed by atoms with E-state index in [1.165, 1.54) is 45.2 Å². The Morgan fingerprint density at radius 2 is 1.89 bits per heavy atom. The minimum Gasteiger partial charge on any atom is -0.333 e. The summed E-state index contributed by atoms with van der Waals surface area (Å²) in [5, 5.41) is 0.219. The average Bonchev–Trinajstić information content (AvgIpc) is 2.85. The van der Waals surface area contributed by atoms with Crippen LogP contribution in [0, 0.1) is 6.92 Å². The van der Waals surface area contributed by atoms with Crippen molar-refractivity contribution in [2.24, 2.45) is 0 Å². The van der Waals surface area contributed by atoms with Crippen LogP contribution in [0.5, 0.6) is 0 Å². The normalized spacial score (nSPS) is 16.6. The summed E-state index contributed by atoms with van der Waals surface area (Å²) in [6.45, 7) is 5.83. The highest BCUT2D eigenvalue weighted by Gasteiger charge is 2.26. The van der Waals surface area contributed by atoms with Crippen LogP contribution in [0.25, 0.3) is 5.57 Å². The van der Waals surface area contributed by atoms with Crippen LogP contribution in [0.1, 0.15) is 47.7 Å². The van der Waals surface area contributed by atoms with Gasteiger partial charge in [0.15, 0.2) is 0 Å². The van der Waals surface area contributed by atoms with Gasteiger partial charge < -0.3 is 4.90 Å². The van der Waals surface area contributed by atoms with Gasteiger partial charge >= 0.3 is 0 Å². The standard InChI is InChI=1S/C23H26N2OS/c1-3-27-23(26)25-13-10-17(11-14-25)21-20-9-6-16(2)15-19(20)8-7-18-5-4-12-24-22(18)21/h4-6,9,12,15H,3,7-8,10-11,13-14H2,1-2H3. The number of aromatic nitrogens is 1. The second-order valence-corrected chi connectivity index (χ2v) is 8.55. The number of piperidine rings is 1. The number of hydrogen-bond acceptors (Lipinski definition) is 3. The van der Waals surface area contributed by atoms with Crippen molar-refractivity contribution >= 4 is 22.6 Å². The molecule has 0 N–H and O–H groups in total. The molecule has 1 aromatic carbocycles. The third-order valence-electron chi connectivity index (χ3n) is 5.57. The van der Waals surface area contributed by atoms with E-state index in [-0.39, 0.29) is 5.24 Å². The number of benzene rings is 1. The fourth-order valence-corrected chi connectivity index (χ4v) is 4.83. The molecule has 1 saturated heterocycles. The van der Waals surface area contributed by atoms with E-state index in [1.54, 1.807) is 0 Å². The summed E-state index contributed by atoms with van der Waals surface area (Å²) < 4.78 is 0. The van der Waals surface area contributed by atoms with Gasteiger partial charge in [0, 0.05) is 24.9 Å². The third kappa shape index (κ3) is 3.68. The molecule has 3 nitrogen and oxygen atoms in total. The number of nitrogens with zero attached hydrogens (tertiary/aromatic N) is 2. The van der Waals surface area contributed by atoms with Crippen molar-refractivity contribution in [3.63, 3.8) is 0 Å². The third-order valence-corrected chi connectivity index (χ3v) is 6.36. The first kappa shape index (κ1) is 18.3. The van der Waals surface area contributed by atoms with Crippen LogP contribution in [0.3, 0.4) is 0 Å². The summed E-state index contributed by atoms with van der Waals surface area (Å²) in [6.07, 6.45) is 5.89. The lowest BCUT2D eigenvalue weighted by Gasteiger charge is -2.30. The first-order valence-electron chi connectivity index (χ1n) is 9.85. The van der Waals surface area contributed by atoms with E-state index in [9.17, 15) is 4.79 Å². The summed E-state index contributed by atoms with van der Waals surface area (Å²) >= 11 is 1.42. The van der Waals surface area contributed by atoms with E-state index in [1.807, 2.05) is 24.1 Å². The lowest BCUT2D eigenvalue weighted by molar-refractivity contribution is 0.219. The van der Waals surface area contributed by atoms with Crippen LogP contribution in [0.4, 0.5) is 4.79 Å². The highest BCUT2D eigenvalue weighted by molar-refractivity contribution is 8.13. The number of aryl methyl sites for hydroxylation is 3. The van der Waals surface area contributed by atoms with Gasteiger partial charge in [0.2, 0.25) is 0 Å². The monoisotopic (exact) mass is 378 g/mol. The average molecular weight is 379 g/mol. The minimum absolute atomic E-state index is 0.219. The van der Waals surface area contributed by atoms with Gasteiger partial charge in [-0.15, -0.1) is 0 Å². The van der Waals surface area contributed by atoms with Gasteiger partial charge in [-0.25, -0.2) is 0 Å². The van der Waals surface area contributed by atoms with E-state index < -0.39 is 0 Å². The molecule has 0 bridgehead atoms. The van der Waals surface area contributed by atoms with Crippen molar-refractivity contribution in [1.29, 1.82) is 0 Å². The molecule has 0 spiro atoms. The van der Waals surface area contributed by atoms with Crippen molar-refractivity contribution in [2.45, 2.75) is 39.5 Å². The molecule has 0 radical (unpaired) electrons. The number of fused-ring (bicyclic) bond motifs is 2. The Kier molecular flexibility index (Phi) is 5.35. The highest BCUT2D eigenvalue weighted by Crippen LogP contribution is 2.38. The van der Waals surface area contributed by atoms with Crippen LogP contribution in [-0.4, -0.2) is 34.0 Å². The summed E-state index contributed by atoms with van der Waals surface area (Å²) in [5.41, 5.74) is 9.35. The zero-order chi connectivity index (χ0) is 18.8. The number of rotatable bonds is 1. The number of likely N-dealkylation sites (tertiary alicyclic amines) is 1. The van der Waals surface area contributed by atoms with E-state index in [0.717, 1.165) is 50.2 Å². The van der Waals surface area contributed by atoms with Gasteiger partial charge in [-0.05, 0) is 61.1 Å². The van der Waals surface area contributed by atoms with E-state index >= 15 is 0 Å². The van der Waals surface area contributed by atoms with E-state index in [2.05, 4.69) is 31.2 Å². The lowest BCUT2D eigenvalue weighted by Crippen LogP contribution is -2.34. The van der Waals surface area contributed by atoms with Crippen LogP contribution >= 0.6 is 11.8 Å². The Bertz CT molecular complexity index is 893. The molecule has 27 heavy (non-hydrogen) atoms. The van der Waals surface area contributed by atoms with Crippen molar-refractivity contribution in [3.05, 3.63) is 70.0 Å². The van der Waals surface area contributed by atoms with Crippen molar-refractivity contribution in [1.82, 2.24) is 9.88 Å². The van der Waals surface area contributed by atoms with Gasteiger partial charge in [0.05, 0.1) is 5.69 Å². The van der Waals surface area contributed by atoms with Crippen molar-refractivity contribution in [2.75, 3.05) is 18.8 Å². The lowest BCUT2D eigenvalue weighted by atomic mass is 9.88. The van der Waals surface area contributed by atoms with Gasteiger partial charge in [-0.1, -0.05) is 54.1 Å². The van der Waals surface area contributed by atoms with Gasteiger partial charge in [0.25, 0.3) is 5.24 Å². The summed E-state index contributed by atoms with van der Waals surface area (Å²) in [7, 11) is 0. The summed E-state index contributed by atoms with van der Waals surface area (Å²) in [4.78, 5) is 19.0. The molecule has 1 aliphatic carbocycles. The Balaban J connectivity index is 1.76. The smallest absolute Gasteiger partial charge is 0.281 e. The molecule has 1 aromatic heterocycles. The molecule has 4 heteroatoms. The quantitative estimate of drug-likeness (QED) is 0.679. The molecule has 140 valence electrons. The van der Waals surface area contributed by atoms with Crippen molar-refractivity contribution in [3.8, 4) is 0 Å². The fourth-order valence-electron chi connectivity index (χ4n) is 4.22. The summed E-state index contributed by atoms with van der Waals surface area (Å²) in [5.74, 6) is 0.841. The second-order valence-electron chi connectivity index (χ2n) is 7.34. The molecule has 2 heterocycles. The molecular formula is C23H26N2OS. The second kappa shape index (κ2) is 7.89. The molecule has 2 aromatic rings. The minimum atomic E-state index is 0.219. The first-order chi connectivity index (χ1) is 13.2. The Hall–Kier alpha value is -2.07. The maximum Gasteiger partial charge on any atom is 0.281 e. The fraction of sp³-hybridized carbons (Fsp3) is 0.391. The highest BCUT2D eigenvalue weighted by atomic mass is 32.2. The predicted octanol–water partition coefficient (Wildman–Crippen LogP) is 5.26. The molecule has 0 saturated carbocycles. The Morgan fingerprint density at radius 3 is 2.67 bits per heavy atom. The van der Waals surface area contributed by atoms with Gasteiger partial charge in [-0.2, -0.15) is 0 Å². The molecule has 4 rings (SSSR count). The topological polar surface area (TPSA) is 33.2 Å². The zero-order valence-electron chi connectivity index (χ0n) is 16.1. The molecule has 1 amide bonds. The van der Waals surface area contributed by atoms with Gasteiger partial charge in [0.1, 0.15) is 0 Å². The van der Waals surface area contributed by atoms with Crippen molar-refractivity contribution < 1.29 is 4.79 Å².